The summed E-state index contributed by atoms with van der Waals surface area (Å²) in [5.74, 6) is 0.694. The van der Waals surface area contributed by atoms with Crippen molar-refractivity contribution in [1.82, 2.24) is 19.9 Å². The molecule has 0 unspecified atom stereocenters. The van der Waals surface area contributed by atoms with Crippen LogP contribution >= 0.6 is 0 Å². The highest BCUT2D eigenvalue weighted by atomic mass is 32.2. The summed E-state index contributed by atoms with van der Waals surface area (Å²) in [5.41, 5.74) is 7.18. The summed E-state index contributed by atoms with van der Waals surface area (Å²) in [6.07, 6.45) is -0.0101. The van der Waals surface area contributed by atoms with E-state index in [-0.39, 0.29) is 12.2 Å². The molecule has 28 heavy (non-hydrogen) atoms. The van der Waals surface area contributed by atoms with Gasteiger partial charge >= 0.3 is 0 Å². The summed E-state index contributed by atoms with van der Waals surface area (Å²) in [7, 11) is -4.40. The summed E-state index contributed by atoms with van der Waals surface area (Å²) < 4.78 is 34.2. The zero-order valence-electron chi connectivity index (χ0n) is 16.2. The van der Waals surface area contributed by atoms with Crippen molar-refractivity contribution < 1.29 is 13.0 Å². The minimum absolute atomic E-state index is 0.0101. The molecule has 0 fully saturated rings. The van der Waals surface area contributed by atoms with E-state index in [1.165, 1.54) is 0 Å². The van der Waals surface area contributed by atoms with Gasteiger partial charge in [0.1, 0.15) is 11.6 Å². The third kappa shape index (κ3) is 3.29. The van der Waals surface area contributed by atoms with Gasteiger partial charge in [0.2, 0.25) is 0 Å². The van der Waals surface area contributed by atoms with Crippen LogP contribution in [-0.2, 0) is 16.5 Å². The molecule has 2 aromatic heterocycles. The molecule has 2 aromatic carbocycles. The summed E-state index contributed by atoms with van der Waals surface area (Å²) >= 11 is 0. The molecule has 0 aliphatic heterocycles. The van der Waals surface area contributed by atoms with Crippen LogP contribution in [0.2, 0.25) is 0 Å². The SMILES string of the molecule is Cc1cc(C)c2nc(C[C@H](c3nc4c(C)cc(C)cc4[nH]3)S(=O)(=O)O)[nH]c2c1. The lowest BCUT2D eigenvalue weighted by molar-refractivity contribution is 0.464. The average molecular weight is 398 g/mol. The van der Waals surface area contributed by atoms with Gasteiger partial charge in [0.25, 0.3) is 10.1 Å². The quantitative estimate of drug-likeness (QED) is 0.452. The molecule has 7 nitrogen and oxygen atoms in total. The number of aromatic amines is 2. The van der Waals surface area contributed by atoms with Crippen molar-refractivity contribution in [3.8, 4) is 0 Å². The number of imidazole rings is 2. The van der Waals surface area contributed by atoms with E-state index >= 15 is 0 Å². The molecule has 0 amide bonds. The third-order valence-electron chi connectivity index (χ3n) is 4.95. The Labute approximate surface area is 163 Å². The number of hydrogen-bond donors (Lipinski definition) is 3. The fraction of sp³-hybridized carbons (Fsp3) is 0.300. The Morgan fingerprint density at radius 2 is 1.43 bits per heavy atom. The van der Waals surface area contributed by atoms with Crippen LogP contribution in [0.3, 0.4) is 0 Å². The van der Waals surface area contributed by atoms with Gasteiger partial charge in [0.05, 0.1) is 22.1 Å². The molecular weight excluding hydrogens is 376 g/mol. The van der Waals surface area contributed by atoms with E-state index in [4.69, 9.17) is 0 Å². The third-order valence-corrected chi connectivity index (χ3v) is 6.06. The summed E-state index contributed by atoms with van der Waals surface area (Å²) in [5, 5.41) is -1.23. The molecule has 0 spiro atoms. The lowest BCUT2D eigenvalue weighted by atomic mass is 10.1. The van der Waals surface area contributed by atoms with Gasteiger partial charge in [-0.05, 0) is 62.1 Å². The van der Waals surface area contributed by atoms with E-state index in [2.05, 4.69) is 19.9 Å². The van der Waals surface area contributed by atoms with Crippen LogP contribution in [0.1, 0.15) is 39.2 Å². The Bertz CT molecular complexity index is 1320. The number of aryl methyl sites for hydroxylation is 4. The second-order valence-electron chi connectivity index (χ2n) is 7.47. The highest BCUT2D eigenvalue weighted by Gasteiger charge is 2.30. The van der Waals surface area contributed by atoms with Crippen molar-refractivity contribution >= 4 is 32.2 Å². The van der Waals surface area contributed by atoms with Crippen LogP contribution < -0.4 is 0 Å². The van der Waals surface area contributed by atoms with E-state index in [1.807, 2.05) is 52.0 Å². The molecule has 0 saturated heterocycles. The highest BCUT2D eigenvalue weighted by Crippen LogP contribution is 2.28. The Morgan fingerprint density at radius 3 is 2.00 bits per heavy atom. The van der Waals surface area contributed by atoms with E-state index in [0.29, 0.717) is 11.3 Å². The van der Waals surface area contributed by atoms with Crippen molar-refractivity contribution in [1.29, 1.82) is 0 Å². The van der Waals surface area contributed by atoms with Gasteiger partial charge in [-0.3, -0.25) is 4.55 Å². The molecule has 1 atom stereocenters. The number of H-pyrrole nitrogens is 2. The molecule has 0 aliphatic rings. The van der Waals surface area contributed by atoms with Gasteiger partial charge in [-0.2, -0.15) is 8.42 Å². The molecular formula is C20H22N4O3S. The molecule has 4 rings (SSSR count). The van der Waals surface area contributed by atoms with Gasteiger partial charge in [0, 0.05) is 6.42 Å². The largest absolute Gasteiger partial charge is 0.342 e. The number of hydrogen-bond acceptors (Lipinski definition) is 4. The molecule has 0 bridgehead atoms. The van der Waals surface area contributed by atoms with Gasteiger partial charge in [-0.25, -0.2) is 9.97 Å². The second kappa shape index (κ2) is 6.42. The van der Waals surface area contributed by atoms with Crippen LogP contribution in [0, 0.1) is 27.7 Å². The molecule has 0 aliphatic carbocycles. The lowest BCUT2D eigenvalue weighted by Crippen LogP contribution is -2.17. The van der Waals surface area contributed by atoms with Gasteiger partial charge < -0.3 is 9.97 Å². The lowest BCUT2D eigenvalue weighted by Gasteiger charge is -2.09. The summed E-state index contributed by atoms with van der Waals surface area (Å²) in [4.78, 5) is 15.3. The molecule has 146 valence electrons. The zero-order valence-corrected chi connectivity index (χ0v) is 17.0. The maximum Gasteiger partial charge on any atom is 0.275 e. The van der Waals surface area contributed by atoms with E-state index in [0.717, 1.165) is 38.8 Å². The zero-order chi connectivity index (χ0) is 20.2. The Kier molecular flexibility index (Phi) is 4.28. The van der Waals surface area contributed by atoms with Crippen LogP contribution in [0.4, 0.5) is 0 Å². The van der Waals surface area contributed by atoms with Crippen LogP contribution in [0.15, 0.2) is 24.3 Å². The summed E-state index contributed by atoms with van der Waals surface area (Å²) in [6.45, 7) is 7.84. The first kappa shape index (κ1) is 18.6. The summed E-state index contributed by atoms with van der Waals surface area (Å²) in [6, 6.07) is 7.89. The standard InChI is InChI=1S/C20H22N4O3S/c1-10-5-12(3)18-14(7-10)21-17(23-18)9-16(28(25,26)27)20-22-15-8-11(2)6-13(4)19(15)24-20/h5-8,16H,9H2,1-4H3,(H,21,23)(H,22,24)(H,25,26,27)/t16-/m1/s1. The van der Waals surface area contributed by atoms with E-state index in [1.54, 1.807) is 0 Å². The first-order valence-electron chi connectivity index (χ1n) is 9.01. The number of rotatable bonds is 4. The monoisotopic (exact) mass is 398 g/mol. The van der Waals surface area contributed by atoms with Crippen LogP contribution in [-0.4, -0.2) is 32.9 Å². The number of nitrogens with zero attached hydrogens (tertiary/aromatic N) is 2. The molecule has 2 heterocycles. The van der Waals surface area contributed by atoms with Crippen molar-refractivity contribution in [2.24, 2.45) is 0 Å². The van der Waals surface area contributed by atoms with Gasteiger partial charge in [-0.1, -0.05) is 12.1 Å². The van der Waals surface area contributed by atoms with Gasteiger partial charge in [0.15, 0.2) is 5.25 Å². The first-order chi connectivity index (χ1) is 13.1. The van der Waals surface area contributed by atoms with Crippen LogP contribution in [0.25, 0.3) is 22.1 Å². The van der Waals surface area contributed by atoms with Crippen molar-refractivity contribution in [2.75, 3.05) is 0 Å². The molecule has 0 radical (unpaired) electrons. The topological polar surface area (TPSA) is 112 Å². The molecule has 4 aromatic rings. The van der Waals surface area contributed by atoms with Crippen molar-refractivity contribution in [3.63, 3.8) is 0 Å². The molecule has 3 N–H and O–H groups in total. The smallest absolute Gasteiger partial charge is 0.275 e. The van der Waals surface area contributed by atoms with Gasteiger partial charge in [-0.15, -0.1) is 0 Å². The van der Waals surface area contributed by atoms with Crippen molar-refractivity contribution in [3.05, 3.63) is 58.2 Å². The fourth-order valence-corrected chi connectivity index (χ4v) is 4.54. The Balaban J connectivity index is 1.80. The van der Waals surface area contributed by atoms with Crippen molar-refractivity contribution in [2.45, 2.75) is 39.4 Å². The number of nitrogens with one attached hydrogen (secondary N) is 2. The molecule has 0 saturated carbocycles. The predicted octanol–water partition coefficient (Wildman–Crippen LogP) is 3.84. The first-order valence-corrected chi connectivity index (χ1v) is 10.5. The number of benzene rings is 2. The fourth-order valence-electron chi connectivity index (χ4n) is 3.78. The van der Waals surface area contributed by atoms with E-state index in [9.17, 15) is 13.0 Å². The minimum Gasteiger partial charge on any atom is -0.342 e. The normalized spacial score (nSPS) is 13.5. The highest BCUT2D eigenvalue weighted by molar-refractivity contribution is 7.86. The predicted molar refractivity (Wildman–Crippen MR) is 109 cm³/mol. The maximum atomic E-state index is 12.2. The maximum absolute atomic E-state index is 12.2. The second-order valence-corrected chi connectivity index (χ2v) is 9.07. The molecule has 8 heteroatoms. The minimum atomic E-state index is -4.40. The Morgan fingerprint density at radius 1 is 0.893 bits per heavy atom. The van der Waals surface area contributed by atoms with E-state index < -0.39 is 15.4 Å². The van der Waals surface area contributed by atoms with Crippen LogP contribution in [0.5, 0.6) is 0 Å². The number of fused-ring (bicyclic) bond motifs is 2. The number of aromatic nitrogens is 4. The Hall–Kier alpha value is -2.71. The average Bonchev–Trinajstić information content (AvgIpc) is 3.15.